The van der Waals surface area contributed by atoms with Crippen molar-refractivity contribution in [3.63, 3.8) is 0 Å². The highest BCUT2D eigenvalue weighted by Crippen LogP contribution is 2.48. The molecule has 58 heavy (non-hydrogen) atoms. The van der Waals surface area contributed by atoms with Crippen LogP contribution in [0.25, 0.3) is 43.1 Å². The summed E-state index contributed by atoms with van der Waals surface area (Å²) in [7, 11) is 0. The molecule has 6 heteroatoms. The van der Waals surface area contributed by atoms with Gasteiger partial charge in [0.2, 0.25) is 0 Å². The standard InChI is InChI=1S/C52H50N2O4/c1-5-9-15-31-19-13-20-32(16-10-6-2)47(31)53-49(55)39-27-23-35-37-25-29-41-46-42(30-26-38(44(37)46)36-24-28-40(50(53)56)45(39)43(35)36)52(58)54(51(41)57)48-33(17-11-7-3)21-14-22-34(48)18-12-8-4/h13-14,19-30H,5-12,15-18H2,1-4H3. The third-order valence-electron chi connectivity index (χ3n) is 12.7. The predicted molar refractivity (Wildman–Crippen MR) is 237 cm³/mol. The number of benzene rings is 7. The third-order valence-corrected chi connectivity index (χ3v) is 12.7. The largest absolute Gasteiger partial charge is 0.268 e. The maximum Gasteiger partial charge on any atom is 0.266 e. The lowest BCUT2D eigenvalue weighted by Gasteiger charge is -2.32. The Balaban J connectivity index is 1.22. The molecular formula is C52H50N2O4. The molecule has 0 unspecified atom stereocenters. The third kappa shape index (κ3) is 5.66. The van der Waals surface area contributed by atoms with Gasteiger partial charge in [0.1, 0.15) is 0 Å². The van der Waals surface area contributed by atoms with E-state index in [1.807, 2.05) is 48.5 Å². The molecule has 0 aromatic heterocycles. The SMILES string of the molecule is CCCCc1cccc(CCCC)c1N1C(=O)c2ccc3c4ccc5c6c(ccc(c7ccc(c2c37)C1=O)c64)C(=O)N(c1c(CCCC)cccc1CCCC)C5=O. The summed E-state index contributed by atoms with van der Waals surface area (Å²) in [4.78, 5) is 62.0. The highest BCUT2D eigenvalue weighted by atomic mass is 16.2. The van der Waals surface area contributed by atoms with Crippen LogP contribution in [-0.2, 0) is 25.7 Å². The molecule has 0 spiro atoms. The number of carbonyl (C=O) groups excluding carboxylic acids is 4. The zero-order valence-corrected chi connectivity index (χ0v) is 34.1. The van der Waals surface area contributed by atoms with E-state index < -0.39 is 0 Å². The van der Waals surface area contributed by atoms with Gasteiger partial charge in [0.25, 0.3) is 23.6 Å². The second kappa shape index (κ2) is 15.1. The van der Waals surface area contributed by atoms with E-state index in [-0.39, 0.29) is 23.6 Å². The Morgan fingerprint density at radius 2 is 0.603 bits per heavy atom. The molecule has 0 radical (unpaired) electrons. The molecule has 9 rings (SSSR count). The summed E-state index contributed by atoms with van der Waals surface area (Å²) < 4.78 is 0. The van der Waals surface area contributed by atoms with Crippen LogP contribution in [0.5, 0.6) is 0 Å². The molecule has 4 amide bonds. The van der Waals surface area contributed by atoms with Crippen LogP contribution >= 0.6 is 0 Å². The first-order valence-electron chi connectivity index (χ1n) is 21.5. The smallest absolute Gasteiger partial charge is 0.266 e. The van der Waals surface area contributed by atoms with Crippen LogP contribution in [0.15, 0.2) is 84.9 Å². The van der Waals surface area contributed by atoms with Crippen molar-refractivity contribution in [2.75, 3.05) is 9.80 Å². The number of amides is 4. The van der Waals surface area contributed by atoms with Crippen LogP contribution in [0.1, 0.15) is 143 Å². The van der Waals surface area contributed by atoms with E-state index >= 15 is 0 Å². The fraction of sp³-hybridized carbons (Fsp3) is 0.308. The van der Waals surface area contributed by atoms with Crippen LogP contribution in [0.2, 0.25) is 0 Å². The van der Waals surface area contributed by atoms with E-state index in [0.29, 0.717) is 33.0 Å². The van der Waals surface area contributed by atoms with Crippen LogP contribution < -0.4 is 9.80 Å². The summed E-state index contributed by atoms with van der Waals surface area (Å²) in [5.41, 5.74) is 7.67. The lowest BCUT2D eigenvalue weighted by Crippen LogP contribution is -2.42. The van der Waals surface area contributed by atoms with E-state index in [4.69, 9.17) is 0 Å². The topological polar surface area (TPSA) is 74.8 Å². The van der Waals surface area contributed by atoms with Crippen molar-refractivity contribution in [2.45, 2.75) is 105 Å². The predicted octanol–water partition coefficient (Wildman–Crippen LogP) is 12.7. The average Bonchev–Trinajstić information content (AvgIpc) is 3.24. The van der Waals surface area contributed by atoms with Gasteiger partial charge in [-0.3, -0.25) is 19.2 Å². The summed E-state index contributed by atoms with van der Waals surface area (Å²) in [5, 5.41) is 6.62. The Morgan fingerprint density at radius 1 is 0.345 bits per heavy atom. The molecule has 0 atom stereocenters. The fourth-order valence-corrected chi connectivity index (χ4v) is 9.81. The summed E-state index contributed by atoms with van der Waals surface area (Å²) in [6.45, 7) is 8.62. The van der Waals surface area contributed by atoms with Crippen LogP contribution in [-0.4, -0.2) is 23.6 Å². The molecular weight excluding hydrogens is 717 g/mol. The summed E-state index contributed by atoms with van der Waals surface area (Å²) in [6, 6.07) is 27.8. The quantitative estimate of drug-likeness (QED) is 0.0627. The number of hydrogen-bond acceptors (Lipinski definition) is 4. The lowest BCUT2D eigenvalue weighted by molar-refractivity contribution is 0.0877. The van der Waals surface area contributed by atoms with Crippen LogP contribution in [0.4, 0.5) is 11.4 Å². The van der Waals surface area contributed by atoms with Gasteiger partial charge < -0.3 is 0 Å². The number of para-hydroxylation sites is 2. The highest BCUT2D eigenvalue weighted by molar-refractivity contribution is 6.45. The van der Waals surface area contributed by atoms with E-state index in [9.17, 15) is 19.2 Å². The first-order valence-corrected chi connectivity index (χ1v) is 21.5. The van der Waals surface area contributed by atoms with Crippen LogP contribution in [0, 0.1) is 0 Å². The van der Waals surface area contributed by atoms with Gasteiger partial charge >= 0.3 is 0 Å². The number of rotatable bonds is 14. The van der Waals surface area contributed by atoms with Gasteiger partial charge in [0.05, 0.1) is 11.4 Å². The minimum Gasteiger partial charge on any atom is -0.268 e. The van der Waals surface area contributed by atoms with Gasteiger partial charge in [-0.1, -0.05) is 114 Å². The number of nitrogens with zero attached hydrogens (tertiary/aromatic N) is 2. The van der Waals surface area contributed by atoms with Gasteiger partial charge in [-0.05, 0) is 130 Å². The minimum absolute atomic E-state index is 0.298. The number of carbonyl (C=O) groups is 4. The molecule has 0 saturated carbocycles. The number of imide groups is 2. The number of fused-ring (bicyclic) bond motifs is 2. The number of aryl methyl sites for hydroxylation is 4. The summed E-state index contributed by atoms with van der Waals surface area (Å²) in [6.07, 6.45) is 11.1. The molecule has 292 valence electrons. The maximum atomic E-state index is 14.8. The van der Waals surface area contributed by atoms with E-state index in [2.05, 4.69) is 64.1 Å². The first-order chi connectivity index (χ1) is 28.3. The van der Waals surface area contributed by atoms with Crippen molar-refractivity contribution in [2.24, 2.45) is 0 Å². The number of anilines is 2. The molecule has 7 aromatic rings. The van der Waals surface area contributed by atoms with Gasteiger partial charge in [-0.2, -0.15) is 0 Å². The fourth-order valence-electron chi connectivity index (χ4n) is 9.81. The van der Waals surface area contributed by atoms with Gasteiger partial charge in [-0.15, -0.1) is 0 Å². The molecule has 0 bridgehead atoms. The Morgan fingerprint density at radius 3 is 0.845 bits per heavy atom. The molecule has 2 aliphatic heterocycles. The lowest BCUT2D eigenvalue weighted by atomic mass is 9.82. The van der Waals surface area contributed by atoms with Crippen LogP contribution in [0.3, 0.4) is 0 Å². The minimum atomic E-state index is -0.298. The Hall–Kier alpha value is -5.88. The van der Waals surface area contributed by atoms with Crippen molar-refractivity contribution < 1.29 is 19.2 Å². The zero-order chi connectivity index (χ0) is 40.2. The molecule has 2 heterocycles. The van der Waals surface area contributed by atoms with E-state index in [0.717, 1.165) is 143 Å². The monoisotopic (exact) mass is 766 g/mol. The zero-order valence-electron chi connectivity index (χ0n) is 34.1. The van der Waals surface area contributed by atoms with Gasteiger partial charge in [0, 0.05) is 33.0 Å². The number of hydrogen-bond donors (Lipinski definition) is 0. The highest BCUT2D eigenvalue weighted by Gasteiger charge is 2.40. The Labute approximate surface area is 340 Å². The normalized spacial score (nSPS) is 14.1. The van der Waals surface area contributed by atoms with Crippen molar-refractivity contribution in [3.05, 3.63) is 129 Å². The molecule has 0 saturated heterocycles. The molecule has 0 N–H and O–H groups in total. The molecule has 2 aliphatic rings. The molecule has 6 nitrogen and oxygen atoms in total. The first kappa shape index (κ1) is 37.7. The summed E-state index contributed by atoms with van der Waals surface area (Å²) >= 11 is 0. The maximum absolute atomic E-state index is 14.8. The van der Waals surface area contributed by atoms with E-state index in [1.165, 1.54) is 9.80 Å². The number of unbranched alkanes of at least 4 members (excludes halogenated alkanes) is 4. The summed E-state index contributed by atoms with van der Waals surface area (Å²) in [5.74, 6) is -1.19. The second-order valence-corrected chi connectivity index (χ2v) is 16.3. The molecule has 7 aromatic carbocycles. The van der Waals surface area contributed by atoms with Crippen molar-refractivity contribution >= 4 is 78.1 Å². The van der Waals surface area contributed by atoms with Gasteiger partial charge in [-0.25, -0.2) is 9.80 Å². The van der Waals surface area contributed by atoms with Crippen molar-refractivity contribution in [3.8, 4) is 0 Å². The molecule has 0 aliphatic carbocycles. The van der Waals surface area contributed by atoms with Crippen molar-refractivity contribution in [1.82, 2.24) is 0 Å². The average molecular weight is 767 g/mol. The Bertz CT molecular complexity index is 2470. The van der Waals surface area contributed by atoms with Gasteiger partial charge in [0.15, 0.2) is 0 Å². The molecule has 0 fully saturated rings. The second-order valence-electron chi connectivity index (χ2n) is 16.3. The van der Waals surface area contributed by atoms with Crippen molar-refractivity contribution in [1.29, 1.82) is 0 Å². The Kier molecular flexibility index (Phi) is 9.83. The van der Waals surface area contributed by atoms with E-state index in [1.54, 1.807) is 0 Å².